The van der Waals surface area contributed by atoms with E-state index < -0.39 is 41.8 Å². The summed E-state index contributed by atoms with van der Waals surface area (Å²) in [4.78, 5) is 64.9. The fourth-order valence-corrected chi connectivity index (χ4v) is 4.08. The van der Waals surface area contributed by atoms with Crippen LogP contribution in [0.5, 0.6) is 0 Å². The molecular weight excluding hydrogens is 430 g/mol. The quantitative estimate of drug-likeness (QED) is 0.212. The second-order valence-corrected chi connectivity index (χ2v) is 8.43. The third kappa shape index (κ3) is 8.28. The van der Waals surface area contributed by atoms with Crippen molar-refractivity contribution in [2.75, 3.05) is 32.7 Å². The van der Waals surface area contributed by atoms with Gasteiger partial charge in [0.25, 0.3) is 0 Å². The van der Waals surface area contributed by atoms with Gasteiger partial charge in [0, 0.05) is 6.54 Å². The topological polar surface area (TPSA) is 189 Å². The van der Waals surface area contributed by atoms with Gasteiger partial charge in [-0.15, -0.1) is 0 Å². The number of nitrogens with two attached hydrogens (primary N) is 2. The van der Waals surface area contributed by atoms with Crippen molar-refractivity contribution in [3.8, 4) is 0 Å². The number of rotatable bonds is 8. The zero-order valence-electron chi connectivity index (χ0n) is 19.1. The first-order chi connectivity index (χ1) is 15.9. The second-order valence-electron chi connectivity index (χ2n) is 8.43. The Morgan fingerprint density at radius 3 is 1.91 bits per heavy atom. The molecule has 0 aromatic carbocycles. The maximum Gasteiger partial charge on any atom is 0.245 e. The van der Waals surface area contributed by atoms with E-state index in [0.29, 0.717) is 71.0 Å². The SMILES string of the molecule is NCCCC[C@@H]1NC(=O)CNC(=O)[C@@H]2CCCN2C(=O)[C@H](CCCCN)NC(=O)CNC1=O. The minimum atomic E-state index is -0.858. The first-order valence-corrected chi connectivity index (χ1v) is 11.7. The molecule has 2 aliphatic heterocycles. The molecule has 12 nitrogen and oxygen atoms in total. The van der Waals surface area contributed by atoms with Gasteiger partial charge >= 0.3 is 0 Å². The van der Waals surface area contributed by atoms with Gasteiger partial charge in [-0.05, 0) is 64.5 Å². The van der Waals surface area contributed by atoms with Crippen molar-refractivity contribution in [1.82, 2.24) is 26.2 Å². The number of unbranched alkanes of at least 4 members (excludes halogenated alkanes) is 2. The first-order valence-electron chi connectivity index (χ1n) is 11.7. The molecule has 0 aliphatic carbocycles. The number of amides is 5. The molecule has 0 bridgehead atoms. The number of nitrogens with zero attached hydrogens (tertiary/aromatic N) is 1. The summed E-state index contributed by atoms with van der Waals surface area (Å²) in [5, 5.41) is 10.4. The lowest BCUT2D eigenvalue weighted by Crippen LogP contribution is -2.54. The van der Waals surface area contributed by atoms with Crippen molar-refractivity contribution in [3.05, 3.63) is 0 Å². The van der Waals surface area contributed by atoms with Crippen molar-refractivity contribution in [2.24, 2.45) is 11.5 Å². The van der Waals surface area contributed by atoms with Gasteiger partial charge in [-0.2, -0.15) is 0 Å². The van der Waals surface area contributed by atoms with E-state index in [4.69, 9.17) is 11.5 Å². The van der Waals surface area contributed by atoms with Crippen LogP contribution >= 0.6 is 0 Å². The van der Waals surface area contributed by atoms with Crippen LogP contribution in [0.4, 0.5) is 0 Å². The Morgan fingerprint density at radius 2 is 1.30 bits per heavy atom. The highest BCUT2D eigenvalue weighted by atomic mass is 16.2. The third-order valence-electron chi connectivity index (χ3n) is 5.86. The van der Waals surface area contributed by atoms with E-state index in [1.165, 1.54) is 4.90 Å². The van der Waals surface area contributed by atoms with Crippen LogP contribution in [0.25, 0.3) is 0 Å². The van der Waals surface area contributed by atoms with E-state index in [2.05, 4.69) is 21.3 Å². The highest BCUT2D eigenvalue weighted by molar-refractivity contribution is 5.96. The molecular formula is C21H37N7O5. The lowest BCUT2D eigenvalue weighted by molar-refractivity contribution is -0.141. The zero-order chi connectivity index (χ0) is 24.2. The Morgan fingerprint density at radius 1 is 0.758 bits per heavy atom. The van der Waals surface area contributed by atoms with E-state index in [1.807, 2.05) is 0 Å². The lowest BCUT2D eigenvalue weighted by Gasteiger charge is -2.28. The maximum atomic E-state index is 13.2. The van der Waals surface area contributed by atoms with Gasteiger partial charge < -0.3 is 37.6 Å². The van der Waals surface area contributed by atoms with Gasteiger partial charge in [-0.1, -0.05) is 0 Å². The molecule has 0 aromatic rings. The van der Waals surface area contributed by atoms with E-state index in [0.717, 1.165) is 0 Å². The summed E-state index contributed by atoms with van der Waals surface area (Å²) in [5.41, 5.74) is 11.1. The van der Waals surface area contributed by atoms with Crippen molar-refractivity contribution < 1.29 is 24.0 Å². The predicted molar refractivity (Wildman–Crippen MR) is 120 cm³/mol. The number of carbonyl (C=O) groups excluding carboxylic acids is 5. The molecule has 2 saturated heterocycles. The van der Waals surface area contributed by atoms with Gasteiger partial charge in [0.15, 0.2) is 0 Å². The van der Waals surface area contributed by atoms with Crippen molar-refractivity contribution >= 4 is 29.5 Å². The number of hydrogen-bond donors (Lipinski definition) is 6. The van der Waals surface area contributed by atoms with Crippen molar-refractivity contribution in [3.63, 3.8) is 0 Å². The lowest BCUT2D eigenvalue weighted by atomic mass is 10.1. The first kappa shape index (κ1) is 26.5. The summed E-state index contributed by atoms with van der Waals surface area (Å²) in [6.45, 7) is 0.676. The smallest absolute Gasteiger partial charge is 0.245 e. The molecule has 2 aliphatic rings. The average molecular weight is 468 g/mol. The van der Waals surface area contributed by atoms with Crippen LogP contribution in [-0.4, -0.2) is 85.3 Å². The molecule has 186 valence electrons. The fourth-order valence-electron chi connectivity index (χ4n) is 4.08. The zero-order valence-corrected chi connectivity index (χ0v) is 19.1. The summed E-state index contributed by atoms with van der Waals surface area (Å²) in [6, 6.07) is -2.38. The maximum absolute atomic E-state index is 13.2. The van der Waals surface area contributed by atoms with Crippen LogP contribution in [0.3, 0.4) is 0 Å². The number of carbonyl (C=O) groups is 5. The highest BCUT2D eigenvalue weighted by Gasteiger charge is 2.37. The minimum absolute atomic E-state index is 0.310. The molecule has 0 unspecified atom stereocenters. The van der Waals surface area contributed by atoms with E-state index in [9.17, 15) is 24.0 Å². The molecule has 33 heavy (non-hydrogen) atoms. The third-order valence-corrected chi connectivity index (χ3v) is 5.86. The van der Waals surface area contributed by atoms with E-state index in [-0.39, 0.29) is 19.0 Å². The largest absolute Gasteiger partial charge is 0.345 e. The van der Waals surface area contributed by atoms with Gasteiger partial charge in [0.1, 0.15) is 18.1 Å². The van der Waals surface area contributed by atoms with Crippen LogP contribution in [0, 0.1) is 0 Å². The Hall–Kier alpha value is -2.73. The molecule has 12 heteroatoms. The minimum Gasteiger partial charge on any atom is -0.345 e. The Balaban J connectivity index is 2.20. The molecule has 0 spiro atoms. The average Bonchev–Trinajstić information content (AvgIpc) is 3.29. The molecule has 8 N–H and O–H groups in total. The van der Waals surface area contributed by atoms with Gasteiger partial charge in [0.05, 0.1) is 13.1 Å². The Labute approximate surface area is 193 Å². The van der Waals surface area contributed by atoms with Crippen LogP contribution < -0.4 is 32.7 Å². The molecule has 2 heterocycles. The van der Waals surface area contributed by atoms with Crippen LogP contribution in [0.1, 0.15) is 51.4 Å². The summed E-state index contributed by atoms with van der Waals surface area (Å²) in [5.74, 6) is -2.32. The van der Waals surface area contributed by atoms with Crippen LogP contribution in [0.15, 0.2) is 0 Å². The van der Waals surface area contributed by atoms with Gasteiger partial charge in [-0.3, -0.25) is 24.0 Å². The summed E-state index contributed by atoms with van der Waals surface area (Å²) in [6.07, 6.45) is 4.47. The van der Waals surface area contributed by atoms with Crippen LogP contribution in [-0.2, 0) is 24.0 Å². The molecule has 0 saturated carbocycles. The molecule has 5 amide bonds. The predicted octanol–water partition coefficient (Wildman–Crippen LogP) is -2.55. The van der Waals surface area contributed by atoms with Crippen molar-refractivity contribution in [1.29, 1.82) is 0 Å². The monoisotopic (exact) mass is 467 g/mol. The summed E-state index contributed by atoms with van der Waals surface area (Å²) >= 11 is 0. The number of fused-ring (bicyclic) bond motifs is 1. The fraction of sp³-hybridized carbons (Fsp3) is 0.762. The molecule has 0 aromatic heterocycles. The number of nitrogens with one attached hydrogen (secondary N) is 4. The highest BCUT2D eigenvalue weighted by Crippen LogP contribution is 2.20. The van der Waals surface area contributed by atoms with Gasteiger partial charge in [0.2, 0.25) is 29.5 Å². The number of hydrogen-bond acceptors (Lipinski definition) is 7. The molecule has 2 fully saturated rings. The molecule has 2 rings (SSSR count). The van der Waals surface area contributed by atoms with Gasteiger partial charge in [-0.25, -0.2) is 0 Å². The van der Waals surface area contributed by atoms with Crippen LogP contribution in [0.2, 0.25) is 0 Å². The normalized spacial score (nSPS) is 25.3. The second kappa shape index (κ2) is 13.7. The standard InChI is InChI=1S/C21H37N7O5/c22-9-3-1-6-14-19(31)24-12-18(30)27-15(7-2-4-10-23)21(33)28-11-5-8-16(28)20(32)25-13-17(29)26-14/h14-16H,1-13,22-23H2,(H,24,31)(H,25,32)(H,26,29)(H,27,30)/t14-,15-,16-/m0/s1. The Kier molecular flexibility index (Phi) is 11.0. The Bertz CT molecular complexity index is 717. The molecule has 3 atom stereocenters. The summed E-state index contributed by atoms with van der Waals surface area (Å²) in [7, 11) is 0. The summed E-state index contributed by atoms with van der Waals surface area (Å²) < 4.78 is 0. The van der Waals surface area contributed by atoms with E-state index >= 15 is 0 Å². The molecule has 0 radical (unpaired) electrons. The van der Waals surface area contributed by atoms with Crippen molar-refractivity contribution in [2.45, 2.75) is 69.5 Å². The van der Waals surface area contributed by atoms with E-state index in [1.54, 1.807) is 0 Å².